The zero-order chi connectivity index (χ0) is 12.6. The monoisotopic (exact) mass is 241 g/mol. The van der Waals surface area contributed by atoms with Crippen LogP contribution in [0.4, 0.5) is 9.59 Å². The molecule has 96 valence electrons. The Bertz CT molecular complexity index is 332. The molecule has 6 heteroatoms. The summed E-state index contributed by atoms with van der Waals surface area (Å²) in [6.07, 6.45) is -0.889. The Labute approximate surface area is 101 Å². The summed E-state index contributed by atoms with van der Waals surface area (Å²) in [7, 11) is 0. The van der Waals surface area contributed by atoms with Crippen molar-refractivity contribution in [3.8, 4) is 0 Å². The highest BCUT2D eigenvalue weighted by Gasteiger charge is 2.41. The van der Waals surface area contributed by atoms with Crippen LogP contribution in [0.1, 0.15) is 13.8 Å². The number of hydrogen-bond acceptors (Lipinski definition) is 2. The highest BCUT2D eigenvalue weighted by atomic mass is 16.4. The first-order valence-corrected chi connectivity index (χ1v) is 6.02. The Hall–Kier alpha value is -1.46. The smallest absolute Gasteiger partial charge is 0.407 e. The van der Waals surface area contributed by atoms with E-state index in [1.807, 2.05) is 9.80 Å². The zero-order valence-corrected chi connectivity index (χ0v) is 10.3. The van der Waals surface area contributed by atoms with Crippen LogP contribution in [-0.2, 0) is 0 Å². The molecule has 0 bridgehead atoms. The summed E-state index contributed by atoms with van der Waals surface area (Å²) in [4.78, 5) is 28.0. The van der Waals surface area contributed by atoms with E-state index in [9.17, 15) is 9.59 Å². The Kier molecular flexibility index (Phi) is 3.13. The van der Waals surface area contributed by atoms with Gasteiger partial charge in [-0.3, -0.25) is 0 Å². The number of carbonyl (C=O) groups is 2. The largest absolute Gasteiger partial charge is 0.465 e. The zero-order valence-electron chi connectivity index (χ0n) is 10.3. The third-order valence-corrected chi connectivity index (χ3v) is 3.29. The van der Waals surface area contributed by atoms with Crippen molar-refractivity contribution in [2.75, 3.05) is 32.7 Å². The van der Waals surface area contributed by atoms with Crippen molar-refractivity contribution in [3.63, 3.8) is 0 Å². The number of carbonyl (C=O) groups excluding carboxylic acids is 1. The first-order valence-electron chi connectivity index (χ1n) is 6.02. The minimum Gasteiger partial charge on any atom is -0.465 e. The summed E-state index contributed by atoms with van der Waals surface area (Å²) in [5.41, 5.74) is 0. The van der Waals surface area contributed by atoms with Gasteiger partial charge in [-0.25, -0.2) is 9.59 Å². The number of rotatable bonds is 2. The highest BCUT2D eigenvalue weighted by Crippen LogP contribution is 2.21. The molecule has 2 fully saturated rings. The summed E-state index contributed by atoms with van der Waals surface area (Å²) in [5.74, 6) is 0.441. The molecule has 1 N–H and O–H groups in total. The van der Waals surface area contributed by atoms with E-state index in [1.54, 1.807) is 0 Å². The van der Waals surface area contributed by atoms with E-state index < -0.39 is 6.09 Å². The molecule has 2 aliphatic rings. The fourth-order valence-electron chi connectivity index (χ4n) is 2.54. The van der Waals surface area contributed by atoms with Crippen molar-refractivity contribution in [3.05, 3.63) is 0 Å². The molecule has 0 aromatic rings. The standard InChI is InChI=1S/C11H19N3O3/c1-8(2)5-13-7-9-6-12(11(16)17)3-4-14(9)10(13)15/h8-9H,3-7H2,1-2H3,(H,16,17)/t9-/m0/s1. The highest BCUT2D eigenvalue weighted by molar-refractivity contribution is 5.78. The summed E-state index contributed by atoms with van der Waals surface area (Å²) in [5, 5.41) is 8.94. The number of urea groups is 1. The van der Waals surface area contributed by atoms with E-state index in [0.717, 1.165) is 6.54 Å². The van der Waals surface area contributed by atoms with E-state index in [0.29, 0.717) is 32.1 Å². The van der Waals surface area contributed by atoms with Crippen molar-refractivity contribution < 1.29 is 14.7 Å². The van der Waals surface area contributed by atoms with Gasteiger partial charge in [0.1, 0.15) is 0 Å². The van der Waals surface area contributed by atoms with Crippen LogP contribution < -0.4 is 0 Å². The SMILES string of the molecule is CC(C)CN1C[C@@H]2CN(C(=O)O)CCN2C1=O. The molecule has 1 atom stereocenters. The number of piperazine rings is 1. The van der Waals surface area contributed by atoms with Gasteiger partial charge in [-0.15, -0.1) is 0 Å². The second kappa shape index (κ2) is 4.43. The van der Waals surface area contributed by atoms with E-state index in [4.69, 9.17) is 5.11 Å². The maximum Gasteiger partial charge on any atom is 0.407 e. The molecule has 3 amide bonds. The van der Waals surface area contributed by atoms with Crippen molar-refractivity contribution in [1.82, 2.24) is 14.7 Å². The van der Waals surface area contributed by atoms with E-state index >= 15 is 0 Å². The number of fused-ring (bicyclic) bond motifs is 1. The lowest BCUT2D eigenvalue weighted by molar-refractivity contribution is 0.0996. The van der Waals surface area contributed by atoms with Crippen LogP contribution in [0.3, 0.4) is 0 Å². The minimum absolute atomic E-state index is 0.0334. The predicted molar refractivity (Wildman–Crippen MR) is 61.9 cm³/mol. The molecule has 6 nitrogen and oxygen atoms in total. The Balaban J connectivity index is 2.00. The van der Waals surface area contributed by atoms with Crippen LogP contribution in [0.5, 0.6) is 0 Å². The van der Waals surface area contributed by atoms with Crippen LogP contribution in [0.25, 0.3) is 0 Å². The van der Waals surface area contributed by atoms with Crippen LogP contribution >= 0.6 is 0 Å². The van der Waals surface area contributed by atoms with Crippen LogP contribution in [0, 0.1) is 5.92 Å². The molecule has 2 heterocycles. The lowest BCUT2D eigenvalue weighted by Crippen LogP contribution is -2.53. The lowest BCUT2D eigenvalue weighted by Gasteiger charge is -2.34. The van der Waals surface area contributed by atoms with Gasteiger partial charge in [-0.2, -0.15) is 0 Å². The van der Waals surface area contributed by atoms with Crippen LogP contribution in [-0.4, -0.2) is 70.7 Å². The van der Waals surface area contributed by atoms with Crippen molar-refractivity contribution >= 4 is 12.1 Å². The number of nitrogens with zero attached hydrogens (tertiary/aromatic N) is 3. The molecular weight excluding hydrogens is 222 g/mol. The summed E-state index contributed by atoms with van der Waals surface area (Å²) >= 11 is 0. The maximum absolute atomic E-state index is 12.0. The van der Waals surface area contributed by atoms with Gasteiger partial charge in [0.05, 0.1) is 6.04 Å². The van der Waals surface area contributed by atoms with Crippen molar-refractivity contribution in [1.29, 1.82) is 0 Å². The summed E-state index contributed by atoms with van der Waals surface area (Å²) in [6.45, 7) is 6.94. The summed E-state index contributed by atoms with van der Waals surface area (Å²) in [6, 6.07) is 0.0971. The molecule has 17 heavy (non-hydrogen) atoms. The molecule has 2 rings (SSSR count). The summed E-state index contributed by atoms with van der Waals surface area (Å²) < 4.78 is 0. The van der Waals surface area contributed by atoms with Gasteiger partial charge in [0.25, 0.3) is 0 Å². The second-order valence-corrected chi connectivity index (χ2v) is 5.16. The fraction of sp³-hybridized carbons (Fsp3) is 0.818. The third kappa shape index (κ3) is 2.30. The first kappa shape index (κ1) is 12.0. The molecule has 2 aliphatic heterocycles. The van der Waals surface area contributed by atoms with E-state index in [2.05, 4.69) is 13.8 Å². The number of carboxylic acid groups (broad SMARTS) is 1. The quantitative estimate of drug-likeness (QED) is 0.775. The molecule has 0 spiro atoms. The average Bonchev–Trinajstić information content (AvgIpc) is 2.54. The van der Waals surface area contributed by atoms with Gasteiger partial charge in [0.2, 0.25) is 0 Å². The van der Waals surface area contributed by atoms with Crippen LogP contribution in [0.2, 0.25) is 0 Å². The molecule has 0 radical (unpaired) electrons. The maximum atomic E-state index is 12.0. The van der Waals surface area contributed by atoms with Gasteiger partial charge in [0, 0.05) is 32.7 Å². The van der Waals surface area contributed by atoms with Crippen molar-refractivity contribution in [2.45, 2.75) is 19.9 Å². The molecule has 0 unspecified atom stereocenters. The van der Waals surface area contributed by atoms with E-state index in [-0.39, 0.29) is 12.1 Å². The molecule has 0 saturated carbocycles. The number of hydrogen-bond donors (Lipinski definition) is 1. The molecule has 2 saturated heterocycles. The molecule has 0 aliphatic carbocycles. The van der Waals surface area contributed by atoms with Crippen LogP contribution in [0.15, 0.2) is 0 Å². The van der Waals surface area contributed by atoms with Gasteiger partial charge in [0.15, 0.2) is 0 Å². The number of amides is 3. The van der Waals surface area contributed by atoms with Gasteiger partial charge < -0.3 is 19.8 Å². The van der Waals surface area contributed by atoms with Gasteiger partial charge in [-0.05, 0) is 5.92 Å². The Morgan fingerprint density at radius 3 is 2.71 bits per heavy atom. The predicted octanol–water partition coefficient (Wildman–Crippen LogP) is 0.742. The minimum atomic E-state index is -0.889. The first-order chi connectivity index (χ1) is 7.99. The topological polar surface area (TPSA) is 64.1 Å². The lowest BCUT2D eigenvalue weighted by atomic mass is 10.2. The Morgan fingerprint density at radius 2 is 2.12 bits per heavy atom. The Morgan fingerprint density at radius 1 is 1.41 bits per heavy atom. The van der Waals surface area contributed by atoms with Gasteiger partial charge in [-0.1, -0.05) is 13.8 Å². The normalized spacial score (nSPS) is 24.5. The van der Waals surface area contributed by atoms with E-state index in [1.165, 1.54) is 4.90 Å². The fourth-order valence-corrected chi connectivity index (χ4v) is 2.54. The third-order valence-electron chi connectivity index (χ3n) is 3.29. The van der Waals surface area contributed by atoms with Crippen molar-refractivity contribution in [2.24, 2.45) is 5.92 Å². The van der Waals surface area contributed by atoms with Gasteiger partial charge >= 0.3 is 12.1 Å². The molecular formula is C11H19N3O3. The molecule has 0 aromatic heterocycles. The molecule has 0 aromatic carbocycles. The second-order valence-electron chi connectivity index (χ2n) is 5.16. The average molecular weight is 241 g/mol.